The van der Waals surface area contributed by atoms with Gasteiger partial charge in [-0.05, 0) is 211 Å². The number of amides is 14. The van der Waals surface area contributed by atoms with E-state index in [0.29, 0.717) is 68.1 Å². The van der Waals surface area contributed by atoms with Gasteiger partial charge in [-0.3, -0.25) is 62.3 Å². The van der Waals surface area contributed by atoms with Gasteiger partial charge in [0.15, 0.2) is 5.78 Å². The maximum atomic E-state index is 15.4. The zero-order chi connectivity index (χ0) is 90.2. The van der Waals surface area contributed by atoms with Gasteiger partial charge in [-0.25, -0.2) is 4.79 Å². The van der Waals surface area contributed by atoms with Crippen molar-refractivity contribution in [1.82, 2.24) is 73.6 Å². The Bertz CT molecular complexity index is 3990. The number of rotatable bonds is 27. The molecule has 3 fully saturated rings. The molecule has 3 aromatic carbocycles. The van der Waals surface area contributed by atoms with Crippen LogP contribution in [0, 0.1) is 35.5 Å². The van der Waals surface area contributed by atoms with E-state index < -0.39 is 185 Å². The number of phenols is 3. The number of aromatic hydroxyl groups is 3. The van der Waals surface area contributed by atoms with Crippen LogP contribution < -0.4 is 81.0 Å². The molecule has 0 saturated carbocycles. The van der Waals surface area contributed by atoms with Crippen LogP contribution in [0.3, 0.4) is 0 Å². The molecule has 34 nitrogen and oxygen atoms in total. The molecule has 3 saturated heterocycles. The SMILES string of the molecule is CC(C)C[C@@H]1NC(=O)[C@@H]2CCCN2C(=O)[C@@H](Cc2cccc(O)c2)NC(=O)[C@H](C(C)C)NC(=O)[C@@H](Cc2ccc(O)cc2)NC(=O)N[C@@H](CC(C)C)C(=O)[C@@H](CCCCN)NC(=O)[C@H](C(C)C)NC(=O)[C@H]2CCCN2C(=O)[C@H](Cc2ccc(O)cc2)NC(=O)[C@@H](CC(C)C)NC(=O)[C@@H](CCCCN)NC(=O)[C@@H](C(C)C)NC(=O)[C@H](CCCCN)NC1=O. The third-order valence-electron chi connectivity index (χ3n) is 22.2. The molecule has 3 aromatic rings. The van der Waals surface area contributed by atoms with Crippen LogP contribution in [-0.2, 0) is 81.6 Å². The number of carbonyl (C=O) groups is 14. The molecule has 0 radical (unpaired) electrons. The predicted octanol–water partition coefficient (Wildman–Crippen LogP) is 2.77. The molecule has 6 rings (SSSR count). The van der Waals surface area contributed by atoms with E-state index in [4.69, 9.17) is 17.2 Å². The number of benzene rings is 3. The molecule has 14 atom stereocenters. The largest absolute Gasteiger partial charge is 0.508 e. The molecule has 34 heteroatoms. The quantitative estimate of drug-likeness (QED) is 0.0488. The van der Waals surface area contributed by atoms with Crippen LogP contribution in [0.2, 0.25) is 0 Å². The second kappa shape index (κ2) is 49.6. The number of urea groups is 1. The summed E-state index contributed by atoms with van der Waals surface area (Å²) in [5, 5.41) is 65.1. The Labute approximate surface area is 717 Å². The van der Waals surface area contributed by atoms with E-state index in [9.17, 15) is 53.7 Å². The van der Waals surface area contributed by atoms with Crippen molar-refractivity contribution in [2.24, 2.45) is 52.7 Å². The highest BCUT2D eigenvalue weighted by Gasteiger charge is 2.45. The highest BCUT2D eigenvalue weighted by molar-refractivity contribution is 6.02. The maximum Gasteiger partial charge on any atom is 0.316 e. The molecular formula is C88H137N17O17. The van der Waals surface area contributed by atoms with Crippen LogP contribution in [0.25, 0.3) is 0 Å². The van der Waals surface area contributed by atoms with Gasteiger partial charge in [0.25, 0.3) is 0 Å². The van der Waals surface area contributed by atoms with Crippen LogP contribution in [0.15, 0.2) is 72.8 Å². The molecule has 0 aliphatic carbocycles. The summed E-state index contributed by atoms with van der Waals surface area (Å²) in [4.78, 5) is 213. The Kier molecular flexibility index (Phi) is 40.8. The van der Waals surface area contributed by atoms with Crippen molar-refractivity contribution >= 4 is 82.7 Å². The number of nitrogens with two attached hydrogens (primary N) is 3. The Hall–Kier alpha value is -10.5. The molecule has 3 aliphatic heterocycles. The number of unbranched alkanes of at least 4 members (excludes halogenated alkanes) is 3. The van der Waals surface area contributed by atoms with Crippen LogP contribution in [0.5, 0.6) is 17.2 Å². The van der Waals surface area contributed by atoms with Crippen molar-refractivity contribution in [3.63, 3.8) is 0 Å². The summed E-state index contributed by atoms with van der Waals surface area (Å²) in [6, 6.07) is -2.21. The summed E-state index contributed by atoms with van der Waals surface area (Å²) in [5.74, 6) is -13.1. The zero-order valence-electron chi connectivity index (χ0n) is 73.1. The summed E-state index contributed by atoms with van der Waals surface area (Å²) in [6.07, 6.45) is 2.61. The molecule has 0 unspecified atom stereocenters. The average Bonchev–Trinajstić information content (AvgIpc) is 1.63. The van der Waals surface area contributed by atoms with E-state index in [0.717, 1.165) is 0 Å². The van der Waals surface area contributed by atoms with E-state index >= 15 is 28.8 Å². The molecule has 0 bridgehead atoms. The Morgan fingerprint density at radius 3 is 1.07 bits per heavy atom. The molecular weight excluding hydrogens is 1570 g/mol. The van der Waals surface area contributed by atoms with Crippen molar-refractivity contribution in [1.29, 1.82) is 0 Å². The van der Waals surface area contributed by atoms with Crippen molar-refractivity contribution in [3.8, 4) is 17.2 Å². The number of hydrogen-bond acceptors (Lipinski definition) is 20. The standard InChI is InChI=1S/C88H137N17O17/c1-49(2)42-64-75(109)61(24-13-16-37-89)92-83(117)74(54(11)12)103-82(116)71-28-21-41-105(71)86(120)68(47-56-31-35-59(107)36-32-56)97-79(113)65(43-50(3)4)95-76(110)62(25-14-17-38-90)94-84(118)72(52(7)8)101-77(111)63(26-15-18-39-91)93-78(112)66(44-51(5)6)96-81(115)70-27-20-40-104(70)87(121)69(48-57-22-19-23-60(108)45-57)98-85(119)73(53(9)10)102-80(114)67(100-88(122)99-64)46-55-29-33-58(106)34-30-55/h19,22-23,29-36,45,49-54,61-74,106-108H,13-18,20-21,24-28,37-44,46-48,89-91H2,1-12H3,(H,92,117)(H,93,112)(H,94,118)(H,95,110)(H,96,115)(H,97,113)(H,98,119)(H,101,111)(H,102,114)(H,103,116)(H2,99,100,122)/t61-,62-,63+,64+,65-,66+,67-,68+,69-,70+,71-,72-,73+,74+/m1/s1. The summed E-state index contributed by atoms with van der Waals surface area (Å²) in [5.41, 5.74) is 19.2. The highest BCUT2D eigenvalue weighted by Crippen LogP contribution is 2.26. The first-order valence-electron chi connectivity index (χ1n) is 43.5. The predicted molar refractivity (Wildman–Crippen MR) is 460 cm³/mol. The number of nitrogens with one attached hydrogen (secondary N) is 12. The van der Waals surface area contributed by atoms with Crippen LogP contribution in [-0.4, -0.2) is 225 Å². The summed E-state index contributed by atoms with van der Waals surface area (Å²) >= 11 is 0. The first kappa shape index (κ1) is 100. The fraction of sp³-hybridized carbons (Fsp3) is 0.636. The second-order valence-corrected chi connectivity index (χ2v) is 35.0. The van der Waals surface area contributed by atoms with Gasteiger partial charge in [0.2, 0.25) is 70.9 Å². The molecule has 14 amide bonds. The summed E-state index contributed by atoms with van der Waals surface area (Å²) < 4.78 is 0. The minimum absolute atomic E-state index is 0.0159. The number of Topliss-reactive ketones (excluding diaryl/α,β-unsaturated/α-hetero) is 1. The lowest BCUT2D eigenvalue weighted by Crippen LogP contribution is -2.62. The first-order chi connectivity index (χ1) is 57.8. The number of carbonyl (C=O) groups excluding carboxylic acids is 14. The third kappa shape index (κ3) is 31.4. The van der Waals surface area contributed by atoms with E-state index in [-0.39, 0.29) is 138 Å². The Balaban J connectivity index is 1.46. The molecule has 676 valence electrons. The van der Waals surface area contributed by atoms with Gasteiger partial charge < -0.3 is 106 Å². The number of phenolic OH excluding ortho intramolecular Hbond substituents is 3. The zero-order valence-corrected chi connectivity index (χ0v) is 73.1. The monoisotopic (exact) mass is 1700 g/mol. The number of ketones is 1. The minimum atomic E-state index is -1.52. The van der Waals surface area contributed by atoms with E-state index in [1.807, 2.05) is 41.5 Å². The lowest BCUT2D eigenvalue weighted by Gasteiger charge is -2.32. The Morgan fingerprint density at radius 2 is 0.648 bits per heavy atom. The maximum absolute atomic E-state index is 15.4. The summed E-state index contributed by atoms with van der Waals surface area (Å²) in [7, 11) is 0. The second-order valence-electron chi connectivity index (χ2n) is 35.0. The van der Waals surface area contributed by atoms with Crippen molar-refractivity contribution in [3.05, 3.63) is 89.5 Å². The van der Waals surface area contributed by atoms with Gasteiger partial charge in [0, 0.05) is 32.4 Å². The normalized spacial score (nSPS) is 25.3. The lowest BCUT2D eigenvalue weighted by molar-refractivity contribution is -0.143. The molecule has 0 spiro atoms. The number of hydrogen-bond donors (Lipinski definition) is 18. The minimum Gasteiger partial charge on any atom is -0.508 e. The lowest BCUT2D eigenvalue weighted by atomic mass is 9.92. The number of fused-ring (bicyclic) bond motifs is 2. The topological polar surface area (TPSA) is 529 Å². The molecule has 3 aliphatic rings. The van der Waals surface area contributed by atoms with Crippen LogP contribution in [0.1, 0.15) is 203 Å². The van der Waals surface area contributed by atoms with Crippen LogP contribution >= 0.6 is 0 Å². The van der Waals surface area contributed by atoms with Crippen molar-refractivity contribution < 1.29 is 82.4 Å². The van der Waals surface area contributed by atoms with Crippen molar-refractivity contribution in [2.75, 3.05) is 32.7 Å². The summed E-state index contributed by atoms with van der Waals surface area (Å²) in [6.45, 7) is 21.6. The van der Waals surface area contributed by atoms with E-state index in [2.05, 4.69) is 63.8 Å². The van der Waals surface area contributed by atoms with Gasteiger partial charge in [0.1, 0.15) is 89.8 Å². The molecule has 0 aromatic heterocycles. The van der Waals surface area contributed by atoms with Gasteiger partial charge in [-0.2, -0.15) is 0 Å². The smallest absolute Gasteiger partial charge is 0.316 e. The first-order valence-corrected chi connectivity index (χ1v) is 43.5. The van der Waals surface area contributed by atoms with Gasteiger partial charge in [-0.1, -0.05) is 119 Å². The highest BCUT2D eigenvalue weighted by atomic mass is 16.3. The fourth-order valence-electron chi connectivity index (χ4n) is 15.5. The molecule has 21 N–H and O–H groups in total. The third-order valence-corrected chi connectivity index (χ3v) is 22.2. The van der Waals surface area contributed by atoms with Gasteiger partial charge >= 0.3 is 6.03 Å². The van der Waals surface area contributed by atoms with Gasteiger partial charge in [0.05, 0.1) is 12.1 Å². The Morgan fingerprint density at radius 1 is 0.328 bits per heavy atom. The van der Waals surface area contributed by atoms with Gasteiger partial charge in [-0.15, -0.1) is 0 Å². The average molecular weight is 1710 g/mol. The van der Waals surface area contributed by atoms with Crippen molar-refractivity contribution in [2.45, 2.75) is 290 Å². The van der Waals surface area contributed by atoms with Crippen LogP contribution in [0.4, 0.5) is 4.79 Å². The fourth-order valence-corrected chi connectivity index (χ4v) is 15.5. The van der Waals surface area contributed by atoms with E-state index in [1.54, 1.807) is 65.8 Å². The molecule has 3 heterocycles. The molecule has 122 heavy (non-hydrogen) atoms. The number of nitrogens with zero attached hydrogens (tertiary/aromatic N) is 2. The van der Waals surface area contributed by atoms with E-state index in [1.165, 1.54) is 58.3 Å².